The molecule has 0 aliphatic carbocycles. The minimum absolute atomic E-state index is 0.355. The van der Waals surface area contributed by atoms with Gasteiger partial charge in [0.1, 0.15) is 0 Å². The highest BCUT2D eigenvalue weighted by molar-refractivity contribution is 7.86. The third-order valence-electron chi connectivity index (χ3n) is 0.298. The summed E-state index contributed by atoms with van der Waals surface area (Å²) in [6, 6.07) is 0. The standard InChI is InChI=1S/C3H6F2O3S/c1-3(4,5)8-9(2,6)7/h1-2H3. The van der Waals surface area contributed by atoms with Gasteiger partial charge in [-0.15, -0.1) is 0 Å². The molecule has 0 spiro atoms. The Morgan fingerprint density at radius 1 is 1.44 bits per heavy atom. The van der Waals surface area contributed by atoms with Crippen molar-refractivity contribution in [1.82, 2.24) is 0 Å². The van der Waals surface area contributed by atoms with E-state index in [9.17, 15) is 17.2 Å². The second-order valence-corrected chi connectivity index (χ2v) is 3.17. The molecule has 0 saturated carbocycles. The van der Waals surface area contributed by atoms with Gasteiger partial charge in [0.15, 0.2) is 0 Å². The summed E-state index contributed by atoms with van der Waals surface area (Å²) in [6.45, 7) is 0.355. The van der Waals surface area contributed by atoms with E-state index in [4.69, 9.17) is 0 Å². The lowest BCUT2D eigenvalue weighted by molar-refractivity contribution is -0.154. The van der Waals surface area contributed by atoms with Gasteiger partial charge >= 0.3 is 6.11 Å². The summed E-state index contributed by atoms with van der Waals surface area (Å²) in [5.41, 5.74) is 0. The van der Waals surface area contributed by atoms with Crippen molar-refractivity contribution in [3.05, 3.63) is 0 Å². The van der Waals surface area contributed by atoms with Crippen molar-refractivity contribution in [3.8, 4) is 0 Å². The van der Waals surface area contributed by atoms with Crippen LogP contribution in [-0.4, -0.2) is 20.8 Å². The summed E-state index contributed by atoms with van der Waals surface area (Å²) in [6.07, 6.45) is -3.04. The van der Waals surface area contributed by atoms with Crippen LogP contribution >= 0.6 is 0 Å². The predicted octanol–water partition coefficient (Wildman–Crippen LogP) is 0.575. The van der Waals surface area contributed by atoms with Crippen LogP contribution in [0.25, 0.3) is 0 Å². The van der Waals surface area contributed by atoms with Gasteiger partial charge in [-0.25, -0.2) is 4.18 Å². The molecular formula is C3H6F2O3S. The normalized spacial score (nSPS) is 13.8. The summed E-state index contributed by atoms with van der Waals surface area (Å²) in [7, 11) is -4.03. The molecule has 9 heavy (non-hydrogen) atoms. The topological polar surface area (TPSA) is 43.4 Å². The first kappa shape index (κ1) is 8.77. The fourth-order valence-electron chi connectivity index (χ4n) is 0.266. The van der Waals surface area contributed by atoms with E-state index in [1.54, 1.807) is 0 Å². The fourth-order valence-corrected chi connectivity index (χ4v) is 0.797. The molecule has 3 nitrogen and oxygen atoms in total. The number of halogens is 2. The summed E-state index contributed by atoms with van der Waals surface area (Å²) >= 11 is 0. The molecule has 56 valence electrons. The van der Waals surface area contributed by atoms with Crippen molar-refractivity contribution in [2.75, 3.05) is 6.26 Å². The summed E-state index contributed by atoms with van der Waals surface area (Å²) < 4.78 is 46.4. The Balaban J connectivity index is 4.07. The van der Waals surface area contributed by atoms with E-state index in [0.29, 0.717) is 13.2 Å². The Morgan fingerprint density at radius 2 is 1.78 bits per heavy atom. The van der Waals surface area contributed by atoms with Crippen LogP contribution in [0.2, 0.25) is 0 Å². The zero-order chi connectivity index (χ0) is 7.71. The monoisotopic (exact) mass is 160 g/mol. The predicted molar refractivity (Wildman–Crippen MR) is 26.5 cm³/mol. The quantitative estimate of drug-likeness (QED) is 0.555. The van der Waals surface area contributed by atoms with E-state index in [0.717, 1.165) is 0 Å². The van der Waals surface area contributed by atoms with E-state index in [-0.39, 0.29) is 0 Å². The fraction of sp³-hybridized carbons (Fsp3) is 1.00. The van der Waals surface area contributed by atoms with E-state index in [1.165, 1.54) is 0 Å². The van der Waals surface area contributed by atoms with Gasteiger partial charge < -0.3 is 0 Å². The Morgan fingerprint density at radius 3 is 1.78 bits per heavy atom. The zero-order valence-corrected chi connectivity index (χ0v) is 5.71. The van der Waals surface area contributed by atoms with Gasteiger partial charge in [0.05, 0.1) is 6.26 Å². The third kappa shape index (κ3) is 7.77. The lowest BCUT2D eigenvalue weighted by atomic mass is 10.8. The van der Waals surface area contributed by atoms with Gasteiger partial charge in [0.2, 0.25) is 0 Å². The Bertz CT molecular complexity index is 178. The molecule has 0 aliphatic heterocycles. The van der Waals surface area contributed by atoms with Crippen molar-refractivity contribution in [3.63, 3.8) is 0 Å². The molecule has 0 saturated heterocycles. The van der Waals surface area contributed by atoms with Gasteiger partial charge in [0, 0.05) is 6.92 Å². The molecule has 0 rings (SSSR count). The number of alkyl halides is 2. The highest BCUT2D eigenvalue weighted by Crippen LogP contribution is 2.15. The third-order valence-corrected chi connectivity index (χ3v) is 0.893. The molecule has 0 bridgehead atoms. The van der Waals surface area contributed by atoms with Gasteiger partial charge in [-0.05, 0) is 0 Å². The maximum Gasteiger partial charge on any atom is 0.366 e. The molecule has 6 heteroatoms. The van der Waals surface area contributed by atoms with Crippen LogP contribution in [0.4, 0.5) is 8.78 Å². The molecule has 0 aromatic heterocycles. The minimum Gasteiger partial charge on any atom is -0.201 e. The van der Waals surface area contributed by atoms with Crippen molar-refractivity contribution in [2.45, 2.75) is 13.0 Å². The van der Waals surface area contributed by atoms with Gasteiger partial charge in [-0.3, -0.25) is 0 Å². The Labute approximate surface area is 51.7 Å². The van der Waals surface area contributed by atoms with Gasteiger partial charge in [0.25, 0.3) is 10.1 Å². The van der Waals surface area contributed by atoms with Crippen LogP contribution in [0.3, 0.4) is 0 Å². The molecule has 0 heterocycles. The lowest BCUT2D eigenvalue weighted by Gasteiger charge is -2.06. The van der Waals surface area contributed by atoms with Crippen molar-refractivity contribution < 1.29 is 21.4 Å². The molecule has 0 aliphatic rings. The van der Waals surface area contributed by atoms with Crippen LogP contribution in [0.5, 0.6) is 0 Å². The molecule has 0 aromatic rings. The van der Waals surface area contributed by atoms with E-state index < -0.39 is 16.2 Å². The van der Waals surface area contributed by atoms with Crippen LogP contribution in [0.1, 0.15) is 6.92 Å². The maximum atomic E-state index is 11.6. The molecule has 0 unspecified atom stereocenters. The minimum atomic E-state index is -4.03. The van der Waals surface area contributed by atoms with Crippen LogP contribution in [0, 0.1) is 0 Å². The average molecular weight is 160 g/mol. The van der Waals surface area contributed by atoms with Crippen molar-refractivity contribution >= 4 is 10.1 Å². The highest BCUT2D eigenvalue weighted by Gasteiger charge is 2.27. The summed E-state index contributed by atoms with van der Waals surface area (Å²) in [4.78, 5) is 0. The number of hydrogen-bond donors (Lipinski definition) is 0. The SMILES string of the molecule is CC(F)(F)OS(C)(=O)=O. The highest BCUT2D eigenvalue weighted by atomic mass is 32.2. The second kappa shape index (κ2) is 2.18. The molecule has 0 aromatic carbocycles. The average Bonchev–Trinajstić information content (AvgIpc) is 1.14. The largest absolute Gasteiger partial charge is 0.366 e. The summed E-state index contributed by atoms with van der Waals surface area (Å²) in [5, 5.41) is 0. The first-order valence-electron chi connectivity index (χ1n) is 1.99. The first-order chi connectivity index (χ1) is 3.71. The molecule has 0 amide bonds. The summed E-state index contributed by atoms with van der Waals surface area (Å²) in [5.74, 6) is 0. The second-order valence-electron chi connectivity index (χ2n) is 1.60. The zero-order valence-electron chi connectivity index (χ0n) is 4.89. The number of rotatable bonds is 2. The van der Waals surface area contributed by atoms with E-state index in [2.05, 4.69) is 4.18 Å². The van der Waals surface area contributed by atoms with Gasteiger partial charge in [-0.2, -0.15) is 17.2 Å². The maximum absolute atomic E-state index is 11.6. The smallest absolute Gasteiger partial charge is 0.201 e. The molecule has 0 radical (unpaired) electrons. The van der Waals surface area contributed by atoms with Gasteiger partial charge in [-0.1, -0.05) is 0 Å². The van der Waals surface area contributed by atoms with Crippen LogP contribution in [0.15, 0.2) is 0 Å². The van der Waals surface area contributed by atoms with Crippen LogP contribution in [-0.2, 0) is 14.3 Å². The molecule has 0 N–H and O–H groups in total. The van der Waals surface area contributed by atoms with Crippen molar-refractivity contribution in [2.24, 2.45) is 0 Å². The molecule has 0 fully saturated rings. The first-order valence-corrected chi connectivity index (χ1v) is 3.81. The Kier molecular flexibility index (Phi) is 2.13. The van der Waals surface area contributed by atoms with E-state index in [1.807, 2.05) is 0 Å². The Hall–Kier alpha value is -0.230. The van der Waals surface area contributed by atoms with Crippen LogP contribution < -0.4 is 0 Å². The lowest BCUT2D eigenvalue weighted by Crippen LogP contribution is -2.19. The van der Waals surface area contributed by atoms with Crippen molar-refractivity contribution in [1.29, 1.82) is 0 Å². The number of hydrogen-bond acceptors (Lipinski definition) is 3. The molecular weight excluding hydrogens is 154 g/mol. The van der Waals surface area contributed by atoms with E-state index >= 15 is 0 Å². The molecule has 0 atom stereocenters.